The van der Waals surface area contributed by atoms with Gasteiger partial charge in [0.25, 0.3) is 10.1 Å². The lowest BCUT2D eigenvalue weighted by Crippen LogP contribution is -2.29. The minimum absolute atomic E-state index is 0.0216. The summed E-state index contributed by atoms with van der Waals surface area (Å²) in [4.78, 5) is 10.6. The Morgan fingerprint density at radius 1 is 1.12 bits per heavy atom. The van der Waals surface area contributed by atoms with E-state index in [0.29, 0.717) is 12.3 Å². The second kappa shape index (κ2) is 6.85. The SMILES string of the molecule is CC(C)CCCCCC(C(=O)O)S(=O)(=O)O. The first kappa shape index (κ1) is 15.4. The summed E-state index contributed by atoms with van der Waals surface area (Å²) in [6.45, 7) is 4.19. The summed E-state index contributed by atoms with van der Waals surface area (Å²) in [5, 5.41) is 6.94. The Bertz CT molecular complexity index is 307. The summed E-state index contributed by atoms with van der Waals surface area (Å²) in [7, 11) is -4.47. The molecule has 0 amide bonds. The Balaban J connectivity index is 3.93. The molecule has 0 aromatic carbocycles. The van der Waals surface area contributed by atoms with E-state index in [1.165, 1.54) is 0 Å². The van der Waals surface area contributed by atoms with Gasteiger partial charge in [-0.3, -0.25) is 9.35 Å². The number of carbonyl (C=O) groups is 1. The third-order valence-electron chi connectivity index (χ3n) is 2.38. The summed E-state index contributed by atoms with van der Waals surface area (Å²) in [5.74, 6) is -0.886. The maximum atomic E-state index is 10.7. The molecule has 6 heteroatoms. The molecule has 0 saturated carbocycles. The van der Waals surface area contributed by atoms with Gasteiger partial charge >= 0.3 is 5.97 Å². The molecule has 5 nitrogen and oxygen atoms in total. The molecule has 0 saturated heterocycles. The van der Waals surface area contributed by atoms with E-state index in [1.54, 1.807) is 0 Å². The average molecular weight is 252 g/mol. The van der Waals surface area contributed by atoms with Crippen LogP contribution in [0.3, 0.4) is 0 Å². The van der Waals surface area contributed by atoms with E-state index in [0.717, 1.165) is 19.3 Å². The number of rotatable bonds is 8. The highest BCUT2D eigenvalue weighted by Crippen LogP contribution is 2.14. The molecule has 0 aliphatic carbocycles. The van der Waals surface area contributed by atoms with Crippen LogP contribution in [0.2, 0.25) is 0 Å². The van der Waals surface area contributed by atoms with Crippen molar-refractivity contribution < 1.29 is 22.9 Å². The fourth-order valence-electron chi connectivity index (χ4n) is 1.46. The van der Waals surface area contributed by atoms with Crippen molar-refractivity contribution in [2.45, 2.75) is 51.2 Å². The number of carboxylic acids is 1. The van der Waals surface area contributed by atoms with Crippen molar-refractivity contribution in [3.05, 3.63) is 0 Å². The van der Waals surface area contributed by atoms with Crippen LogP contribution in [0.5, 0.6) is 0 Å². The quantitative estimate of drug-likeness (QED) is 0.508. The average Bonchev–Trinajstić information content (AvgIpc) is 2.07. The minimum atomic E-state index is -4.47. The van der Waals surface area contributed by atoms with Gasteiger partial charge in [-0.2, -0.15) is 8.42 Å². The first-order valence-corrected chi connectivity index (χ1v) is 6.94. The first-order chi connectivity index (χ1) is 7.25. The summed E-state index contributed by atoms with van der Waals surface area (Å²) in [6, 6.07) is 0. The van der Waals surface area contributed by atoms with E-state index >= 15 is 0 Å². The summed E-state index contributed by atoms with van der Waals surface area (Å²) < 4.78 is 30.1. The predicted octanol–water partition coefficient (Wildman–Crippen LogP) is 1.93. The third-order valence-corrected chi connectivity index (χ3v) is 3.54. The number of hydrogen-bond acceptors (Lipinski definition) is 3. The molecular formula is C10H20O5S. The Morgan fingerprint density at radius 2 is 1.62 bits per heavy atom. The lowest BCUT2D eigenvalue weighted by molar-refractivity contribution is -0.136. The van der Waals surface area contributed by atoms with E-state index in [4.69, 9.17) is 9.66 Å². The molecule has 2 N–H and O–H groups in total. The van der Waals surface area contributed by atoms with Gasteiger partial charge in [0.1, 0.15) is 0 Å². The van der Waals surface area contributed by atoms with E-state index in [1.807, 2.05) is 0 Å². The van der Waals surface area contributed by atoms with Gasteiger partial charge in [0.05, 0.1) is 0 Å². The molecule has 0 fully saturated rings. The lowest BCUT2D eigenvalue weighted by atomic mass is 10.0. The van der Waals surface area contributed by atoms with E-state index < -0.39 is 21.3 Å². The Morgan fingerprint density at radius 3 is 2.00 bits per heavy atom. The van der Waals surface area contributed by atoms with Crippen LogP contribution in [0, 0.1) is 5.92 Å². The van der Waals surface area contributed by atoms with Crippen molar-refractivity contribution >= 4 is 16.1 Å². The smallest absolute Gasteiger partial charge is 0.324 e. The maximum absolute atomic E-state index is 10.7. The van der Waals surface area contributed by atoms with Crippen molar-refractivity contribution in [3.63, 3.8) is 0 Å². The zero-order valence-electron chi connectivity index (χ0n) is 9.72. The molecule has 0 bridgehead atoms. The van der Waals surface area contributed by atoms with Crippen LogP contribution in [-0.4, -0.2) is 29.3 Å². The van der Waals surface area contributed by atoms with Gasteiger partial charge in [-0.1, -0.05) is 39.5 Å². The highest BCUT2D eigenvalue weighted by Gasteiger charge is 2.29. The molecule has 0 aliphatic rings. The van der Waals surface area contributed by atoms with Crippen LogP contribution < -0.4 is 0 Å². The van der Waals surface area contributed by atoms with Crippen molar-refractivity contribution in [1.29, 1.82) is 0 Å². The second-order valence-corrected chi connectivity index (χ2v) is 5.97. The molecule has 16 heavy (non-hydrogen) atoms. The molecule has 0 radical (unpaired) electrons. The van der Waals surface area contributed by atoms with Crippen LogP contribution in [0.25, 0.3) is 0 Å². The molecule has 1 atom stereocenters. The van der Waals surface area contributed by atoms with Gasteiger partial charge in [-0.25, -0.2) is 0 Å². The van der Waals surface area contributed by atoms with E-state index in [9.17, 15) is 13.2 Å². The molecule has 0 rings (SSSR count). The standard InChI is InChI=1S/C10H20O5S/c1-8(2)6-4-3-5-7-9(10(11)12)16(13,14)15/h8-9H,3-7H2,1-2H3,(H,11,12)(H,13,14,15). The van der Waals surface area contributed by atoms with Crippen molar-refractivity contribution in [2.75, 3.05) is 0 Å². The third kappa shape index (κ3) is 6.79. The number of carboxylic acid groups (broad SMARTS) is 1. The van der Waals surface area contributed by atoms with Crippen molar-refractivity contribution in [3.8, 4) is 0 Å². The van der Waals surface area contributed by atoms with Gasteiger partial charge in [-0.05, 0) is 12.3 Å². The highest BCUT2D eigenvalue weighted by atomic mass is 32.2. The Labute approximate surface area is 96.6 Å². The summed E-state index contributed by atoms with van der Waals surface area (Å²) in [5.41, 5.74) is 0. The topological polar surface area (TPSA) is 91.7 Å². The zero-order chi connectivity index (χ0) is 12.8. The minimum Gasteiger partial charge on any atom is -0.480 e. The molecule has 0 aromatic heterocycles. The van der Waals surface area contributed by atoms with Crippen LogP contribution in [0.15, 0.2) is 0 Å². The van der Waals surface area contributed by atoms with Gasteiger partial charge in [0, 0.05) is 0 Å². The van der Waals surface area contributed by atoms with Crippen LogP contribution >= 0.6 is 0 Å². The summed E-state index contributed by atoms with van der Waals surface area (Å²) >= 11 is 0. The Hall–Kier alpha value is -0.620. The monoisotopic (exact) mass is 252 g/mol. The second-order valence-electron chi connectivity index (χ2n) is 4.37. The van der Waals surface area contributed by atoms with Crippen LogP contribution in [0.4, 0.5) is 0 Å². The molecule has 0 aromatic rings. The molecule has 0 spiro atoms. The Kier molecular flexibility index (Phi) is 6.59. The fraction of sp³-hybridized carbons (Fsp3) is 0.900. The molecule has 96 valence electrons. The van der Waals surface area contributed by atoms with Gasteiger partial charge in [-0.15, -0.1) is 0 Å². The zero-order valence-corrected chi connectivity index (χ0v) is 10.5. The molecular weight excluding hydrogens is 232 g/mol. The van der Waals surface area contributed by atoms with Gasteiger partial charge < -0.3 is 5.11 Å². The normalized spacial score (nSPS) is 14.0. The fourth-order valence-corrected chi connectivity index (χ4v) is 2.18. The molecule has 1 unspecified atom stereocenters. The maximum Gasteiger partial charge on any atom is 0.324 e. The predicted molar refractivity (Wildman–Crippen MR) is 60.9 cm³/mol. The number of unbranched alkanes of at least 4 members (excludes halogenated alkanes) is 2. The van der Waals surface area contributed by atoms with E-state index in [-0.39, 0.29) is 6.42 Å². The molecule has 0 aliphatic heterocycles. The van der Waals surface area contributed by atoms with E-state index in [2.05, 4.69) is 13.8 Å². The number of aliphatic carboxylic acids is 1. The highest BCUT2D eigenvalue weighted by molar-refractivity contribution is 7.87. The van der Waals surface area contributed by atoms with Gasteiger partial charge in [0.2, 0.25) is 0 Å². The van der Waals surface area contributed by atoms with Crippen molar-refractivity contribution in [1.82, 2.24) is 0 Å². The van der Waals surface area contributed by atoms with Crippen LogP contribution in [0.1, 0.15) is 46.0 Å². The lowest BCUT2D eigenvalue weighted by Gasteiger charge is -2.09. The largest absolute Gasteiger partial charge is 0.480 e. The van der Waals surface area contributed by atoms with Crippen molar-refractivity contribution in [2.24, 2.45) is 5.92 Å². The molecule has 0 heterocycles. The van der Waals surface area contributed by atoms with Gasteiger partial charge in [0.15, 0.2) is 5.25 Å². The first-order valence-electron chi connectivity index (χ1n) is 5.44. The number of hydrogen-bond donors (Lipinski definition) is 2. The summed E-state index contributed by atoms with van der Waals surface area (Å²) in [6.07, 6.45) is 3.27. The van der Waals surface area contributed by atoms with Crippen LogP contribution in [-0.2, 0) is 14.9 Å².